The van der Waals surface area contributed by atoms with Crippen molar-refractivity contribution in [2.24, 2.45) is 0 Å². The molecule has 0 fully saturated rings. The van der Waals surface area contributed by atoms with E-state index in [4.69, 9.17) is 10.8 Å². The summed E-state index contributed by atoms with van der Waals surface area (Å²) in [6.45, 7) is -0.475. The highest BCUT2D eigenvalue weighted by Gasteiger charge is 1.99. The Bertz CT molecular complexity index is 250. The van der Waals surface area contributed by atoms with E-state index in [1.54, 1.807) is 12.1 Å². The van der Waals surface area contributed by atoms with Crippen molar-refractivity contribution < 1.29 is 9.50 Å². The molecule has 0 aliphatic rings. The Morgan fingerprint density at radius 3 is 2.82 bits per heavy atom. The maximum atomic E-state index is 11.8. The van der Waals surface area contributed by atoms with Gasteiger partial charge in [0.25, 0.3) is 0 Å². The van der Waals surface area contributed by atoms with Crippen LogP contribution in [-0.4, -0.2) is 11.8 Å². The molecule has 0 heterocycles. The lowest BCUT2D eigenvalue weighted by atomic mass is 10.1. The average Bonchev–Trinajstić information content (AvgIpc) is 1.98. The second-order valence-electron chi connectivity index (χ2n) is 2.33. The molecule has 3 heteroatoms. The summed E-state index contributed by atoms with van der Waals surface area (Å²) in [5.41, 5.74) is 6.53. The van der Waals surface area contributed by atoms with E-state index >= 15 is 0 Å². The number of anilines is 1. The Hall–Kier alpha value is -1.25. The minimum Gasteiger partial charge on any atom is -0.508 e. The van der Waals surface area contributed by atoms with Crippen molar-refractivity contribution in [3.05, 3.63) is 23.8 Å². The highest BCUT2D eigenvalue weighted by atomic mass is 19.1. The molecule has 1 aromatic carbocycles. The summed E-state index contributed by atoms with van der Waals surface area (Å²) in [5, 5.41) is 9.14. The summed E-state index contributed by atoms with van der Waals surface area (Å²) in [6, 6.07) is 4.63. The summed E-state index contributed by atoms with van der Waals surface area (Å²) in [5.74, 6) is 0.108. The van der Waals surface area contributed by atoms with E-state index < -0.39 is 6.67 Å². The normalized spacial score (nSPS) is 9.91. The van der Waals surface area contributed by atoms with Crippen LogP contribution in [0.5, 0.6) is 5.75 Å². The quantitative estimate of drug-likeness (QED) is 0.502. The fourth-order valence-electron chi connectivity index (χ4n) is 0.907. The number of alkyl halides is 1. The van der Waals surface area contributed by atoms with Crippen LogP contribution in [0.15, 0.2) is 18.2 Å². The van der Waals surface area contributed by atoms with Crippen LogP contribution in [0.1, 0.15) is 5.56 Å². The number of halogens is 1. The third kappa shape index (κ3) is 1.83. The lowest BCUT2D eigenvalue weighted by Gasteiger charge is -2.01. The van der Waals surface area contributed by atoms with Gasteiger partial charge < -0.3 is 10.8 Å². The third-order valence-corrected chi connectivity index (χ3v) is 1.47. The SMILES string of the molecule is Nc1ccc(O)c(CCF)c1. The van der Waals surface area contributed by atoms with Crippen LogP contribution >= 0.6 is 0 Å². The van der Waals surface area contributed by atoms with E-state index in [0.717, 1.165) is 0 Å². The van der Waals surface area contributed by atoms with Crippen LogP contribution in [-0.2, 0) is 6.42 Å². The van der Waals surface area contributed by atoms with Gasteiger partial charge in [0.05, 0.1) is 6.67 Å². The fraction of sp³-hybridized carbons (Fsp3) is 0.250. The molecule has 0 aromatic heterocycles. The highest BCUT2D eigenvalue weighted by molar-refractivity contribution is 5.47. The van der Waals surface area contributed by atoms with Crippen molar-refractivity contribution in [2.45, 2.75) is 6.42 Å². The molecular weight excluding hydrogens is 145 g/mol. The molecule has 0 atom stereocenters. The van der Waals surface area contributed by atoms with Crippen molar-refractivity contribution in [2.75, 3.05) is 12.4 Å². The fourth-order valence-corrected chi connectivity index (χ4v) is 0.907. The molecule has 60 valence electrons. The topological polar surface area (TPSA) is 46.2 Å². The van der Waals surface area contributed by atoms with Gasteiger partial charge in [-0.15, -0.1) is 0 Å². The van der Waals surface area contributed by atoms with Gasteiger partial charge in [0, 0.05) is 12.1 Å². The first-order valence-electron chi connectivity index (χ1n) is 3.37. The third-order valence-electron chi connectivity index (χ3n) is 1.47. The predicted octanol–water partition coefficient (Wildman–Crippen LogP) is 1.49. The summed E-state index contributed by atoms with van der Waals surface area (Å²) in [7, 11) is 0. The van der Waals surface area contributed by atoms with Gasteiger partial charge in [-0.25, -0.2) is 0 Å². The second kappa shape index (κ2) is 3.23. The first-order chi connectivity index (χ1) is 5.24. The predicted molar refractivity (Wildman–Crippen MR) is 42.2 cm³/mol. The Morgan fingerprint density at radius 2 is 2.18 bits per heavy atom. The van der Waals surface area contributed by atoms with Gasteiger partial charge in [0.2, 0.25) is 0 Å². The molecule has 0 radical (unpaired) electrons. The van der Waals surface area contributed by atoms with Crippen molar-refractivity contribution >= 4 is 5.69 Å². The van der Waals surface area contributed by atoms with Crippen LogP contribution in [0, 0.1) is 0 Å². The largest absolute Gasteiger partial charge is 0.508 e. The lowest BCUT2D eigenvalue weighted by molar-refractivity contribution is 0.452. The summed E-state index contributed by atoms with van der Waals surface area (Å²) in [4.78, 5) is 0. The van der Waals surface area contributed by atoms with E-state index in [9.17, 15) is 4.39 Å². The Morgan fingerprint density at radius 1 is 1.45 bits per heavy atom. The molecule has 2 nitrogen and oxygen atoms in total. The van der Waals surface area contributed by atoms with Gasteiger partial charge in [-0.3, -0.25) is 4.39 Å². The highest BCUT2D eigenvalue weighted by Crippen LogP contribution is 2.19. The van der Waals surface area contributed by atoms with Gasteiger partial charge in [0.15, 0.2) is 0 Å². The number of aryl methyl sites for hydroxylation is 1. The van der Waals surface area contributed by atoms with E-state index in [1.165, 1.54) is 6.07 Å². The molecule has 0 unspecified atom stereocenters. The van der Waals surface area contributed by atoms with Crippen molar-refractivity contribution in [1.29, 1.82) is 0 Å². The molecule has 0 aliphatic heterocycles. The summed E-state index contributed by atoms with van der Waals surface area (Å²) >= 11 is 0. The van der Waals surface area contributed by atoms with Gasteiger partial charge in [-0.05, 0) is 23.8 Å². The number of phenols is 1. The number of benzene rings is 1. The Labute approximate surface area is 64.5 Å². The molecule has 11 heavy (non-hydrogen) atoms. The minimum absolute atomic E-state index is 0.108. The van der Waals surface area contributed by atoms with E-state index in [0.29, 0.717) is 11.3 Å². The second-order valence-corrected chi connectivity index (χ2v) is 2.33. The number of aromatic hydroxyl groups is 1. The Kier molecular flexibility index (Phi) is 2.31. The lowest BCUT2D eigenvalue weighted by Crippen LogP contribution is -1.91. The molecule has 0 bridgehead atoms. The molecule has 0 spiro atoms. The molecule has 1 rings (SSSR count). The number of hydrogen-bond acceptors (Lipinski definition) is 2. The van der Waals surface area contributed by atoms with Crippen LogP contribution < -0.4 is 5.73 Å². The Balaban J connectivity index is 2.93. The minimum atomic E-state index is -0.475. The van der Waals surface area contributed by atoms with Crippen molar-refractivity contribution in [3.63, 3.8) is 0 Å². The van der Waals surface area contributed by atoms with Crippen LogP contribution in [0.4, 0.5) is 10.1 Å². The van der Waals surface area contributed by atoms with Crippen LogP contribution in [0.2, 0.25) is 0 Å². The maximum absolute atomic E-state index is 11.8. The van der Waals surface area contributed by atoms with Crippen molar-refractivity contribution in [3.8, 4) is 5.75 Å². The van der Waals surface area contributed by atoms with E-state index in [1.807, 2.05) is 0 Å². The van der Waals surface area contributed by atoms with Gasteiger partial charge in [-0.1, -0.05) is 0 Å². The zero-order chi connectivity index (χ0) is 8.27. The molecule has 0 saturated heterocycles. The van der Waals surface area contributed by atoms with Gasteiger partial charge in [-0.2, -0.15) is 0 Å². The zero-order valence-corrected chi connectivity index (χ0v) is 6.05. The van der Waals surface area contributed by atoms with E-state index in [2.05, 4.69) is 0 Å². The molecule has 0 aliphatic carbocycles. The maximum Gasteiger partial charge on any atom is 0.119 e. The summed E-state index contributed by atoms with van der Waals surface area (Å²) in [6.07, 6.45) is 0.219. The first kappa shape index (κ1) is 7.85. The van der Waals surface area contributed by atoms with Crippen LogP contribution in [0.3, 0.4) is 0 Å². The molecule has 3 N–H and O–H groups in total. The molecular formula is C8H10FNO. The van der Waals surface area contributed by atoms with Crippen molar-refractivity contribution in [1.82, 2.24) is 0 Å². The van der Waals surface area contributed by atoms with Gasteiger partial charge in [0.1, 0.15) is 5.75 Å². The number of nitrogens with two attached hydrogens (primary N) is 1. The molecule has 1 aromatic rings. The number of hydrogen-bond donors (Lipinski definition) is 2. The standard InChI is InChI=1S/C8H10FNO/c9-4-3-6-5-7(10)1-2-8(6)11/h1-2,5,11H,3-4,10H2. The average molecular weight is 155 g/mol. The number of rotatable bonds is 2. The van der Waals surface area contributed by atoms with Crippen LogP contribution in [0.25, 0.3) is 0 Å². The van der Waals surface area contributed by atoms with E-state index in [-0.39, 0.29) is 12.2 Å². The zero-order valence-electron chi connectivity index (χ0n) is 6.05. The first-order valence-corrected chi connectivity index (χ1v) is 3.37. The molecule has 0 saturated carbocycles. The van der Waals surface area contributed by atoms with Gasteiger partial charge >= 0.3 is 0 Å². The number of nitrogen functional groups attached to an aromatic ring is 1. The smallest absolute Gasteiger partial charge is 0.119 e. The summed E-state index contributed by atoms with van der Waals surface area (Å²) < 4.78 is 11.8. The number of phenolic OH excluding ortho intramolecular Hbond substituents is 1. The monoisotopic (exact) mass is 155 g/mol. The molecule has 0 amide bonds.